The van der Waals surface area contributed by atoms with Gasteiger partial charge in [-0.2, -0.15) is 22.0 Å². The van der Waals surface area contributed by atoms with Gasteiger partial charge in [-0.1, -0.05) is 39.2 Å². The van der Waals surface area contributed by atoms with E-state index in [1.54, 1.807) is 0 Å². The molecule has 5 heteroatoms. The Balaban J connectivity index is 0. The lowest BCUT2D eigenvalue weighted by molar-refractivity contribution is -0.284. The molecule has 0 aliphatic heterocycles. The maximum Gasteiger partial charge on any atom is 0.453 e. The molecule has 0 aromatic carbocycles. The maximum absolute atomic E-state index is 11.8. The molecule has 0 saturated carbocycles. The molecule has 0 aliphatic rings. The highest BCUT2D eigenvalue weighted by atomic mass is 19.4. The third-order valence-corrected chi connectivity index (χ3v) is 1.99. The molecule has 0 spiro atoms. The van der Waals surface area contributed by atoms with Crippen molar-refractivity contribution in [3.05, 3.63) is 12.7 Å². The van der Waals surface area contributed by atoms with Gasteiger partial charge in [0.2, 0.25) is 0 Å². The van der Waals surface area contributed by atoms with Crippen LogP contribution in [0.1, 0.15) is 52.4 Å². The van der Waals surface area contributed by atoms with Gasteiger partial charge >= 0.3 is 12.1 Å². The summed E-state index contributed by atoms with van der Waals surface area (Å²) in [6, 6.07) is 0. The van der Waals surface area contributed by atoms with Crippen LogP contribution in [0.5, 0.6) is 0 Å². The van der Waals surface area contributed by atoms with Crippen molar-refractivity contribution in [3.8, 4) is 0 Å². The van der Waals surface area contributed by atoms with Crippen LogP contribution >= 0.6 is 0 Å². The van der Waals surface area contributed by atoms with Crippen molar-refractivity contribution in [1.29, 1.82) is 0 Å². The van der Waals surface area contributed by atoms with E-state index in [0.29, 0.717) is 0 Å². The average Bonchev–Trinajstić information content (AvgIpc) is 2.18. The third-order valence-electron chi connectivity index (χ3n) is 1.99. The van der Waals surface area contributed by atoms with E-state index in [-0.39, 0.29) is 6.42 Å². The van der Waals surface area contributed by atoms with E-state index in [1.165, 1.54) is 32.6 Å². The van der Waals surface area contributed by atoms with Crippen LogP contribution < -0.4 is 0 Å². The van der Waals surface area contributed by atoms with Gasteiger partial charge in [-0.25, -0.2) is 0 Å². The van der Waals surface area contributed by atoms with Crippen molar-refractivity contribution in [3.63, 3.8) is 0 Å². The zero-order valence-electron chi connectivity index (χ0n) is 10.4. The van der Waals surface area contributed by atoms with Crippen LogP contribution in [0.15, 0.2) is 12.7 Å². The van der Waals surface area contributed by atoms with Gasteiger partial charge in [-0.05, 0) is 12.8 Å². The summed E-state index contributed by atoms with van der Waals surface area (Å²) < 4.78 is 57.4. The van der Waals surface area contributed by atoms with Crippen molar-refractivity contribution < 1.29 is 22.0 Å². The molecule has 0 N–H and O–H groups in total. The van der Waals surface area contributed by atoms with Crippen molar-refractivity contribution in [2.75, 3.05) is 0 Å². The fourth-order valence-corrected chi connectivity index (χ4v) is 0.994. The van der Waals surface area contributed by atoms with Crippen molar-refractivity contribution >= 4 is 0 Å². The second-order valence-electron chi connectivity index (χ2n) is 3.74. The van der Waals surface area contributed by atoms with Crippen LogP contribution in [0.3, 0.4) is 0 Å². The van der Waals surface area contributed by atoms with Crippen molar-refractivity contribution in [2.45, 2.75) is 64.5 Å². The van der Waals surface area contributed by atoms with Gasteiger partial charge in [-0.15, -0.1) is 6.58 Å². The summed E-state index contributed by atoms with van der Waals surface area (Å²) in [6.07, 6.45) is 0.468. The first-order valence-corrected chi connectivity index (χ1v) is 5.78. The lowest BCUT2D eigenvalue weighted by atomic mass is 10.2. The molecule has 104 valence electrons. The van der Waals surface area contributed by atoms with E-state index in [9.17, 15) is 22.0 Å². The highest BCUT2D eigenvalue weighted by Crippen LogP contribution is 2.38. The number of hydrogen-bond acceptors (Lipinski definition) is 0. The van der Waals surface area contributed by atoms with Gasteiger partial charge in [0, 0.05) is 6.42 Å². The minimum atomic E-state index is -5.39. The Morgan fingerprint density at radius 1 is 0.941 bits per heavy atom. The van der Waals surface area contributed by atoms with E-state index in [1.807, 2.05) is 6.08 Å². The maximum atomic E-state index is 11.8. The molecule has 0 radical (unpaired) electrons. The quantitative estimate of drug-likeness (QED) is 0.324. The first-order chi connectivity index (χ1) is 7.72. The number of alkyl halides is 5. The van der Waals surface area contributed by atoms with Gasteiger partial charge < -0.3 is 0 Å². The topological polar surface area (TPSA) is 0 Å². The predicted octanol–water partition coefficient (Wildman–Crippen LogP) is 5.74. The fraction of sp³-hybridized carbons (Fsp3) is 0.833. The number of allylic oxidation sites excluding steroid dienone is 1. The Morgan fingerprint density at radius 2 is 1.47 bits per heavy atom. The van der Waals surface area contributed by atoms with E-state index < -0.39 is 18.5 Å². The molecule has 0 fully saturated rings. The van der Waals surface area contributed by atoms with E-state index in [4.69, 9.17) is 0 Å². The molecule has 0 aromatic heterocycles. The number of hydrogen-bond donors (Lipinski definition) is 0. The third kappa shape index (κ3) is 10.3. The molecular weight excluding hydrogens is 239 g/mol. The SMILES string of the molecule is C=CCCCCC.CCCC(F)(F)C(F)(F)F. The molecule has 0 nitrogen and oxygen atoms in total. The van der Waals surface area contributed by atoms with Gasteiger partial charge in [-0.3, -0.25) is 0 Å². The van der Waals surface area contributed by atoms with Gasteiger partial charge in [0.15, 0.2) is 0 Å². The van der Waals surface area contributed by atoms with E-state index in [0.717, 1.165) is 0 Å². The number of rotatable bonds is 6. The Hall–Kier alpha value is -0.610. The lowest BCUT2D eigenvalue weighted by Crippen LogP contribution is -2.35. The summed E-state index contributed by atoms with van der Waals surface area (Å²) in [4.78, 5) is 0. The summed E-state index contributed by atoms with van der Waals surface area (Å²) in [5.41, 5.74) is 0. The molecule has 0 aromatic rings. The Bertz CT molecular complexity index is 184. The Morgan fingerprint density at radius 3 is 1.71 bits per heavy atom. The monoisotopic (exact) mass is 260 g/mol. The minimum absolute atomic E-state index is 0.174. The fourth-order valence-electron chi connectivity index (χ4n) is 0.994. The molecule has 0 aliphatic carbocycles. The largest absolute Gasteiger partial charge is 0.453 e. The van der Waals surface area contributed by atoms with Gasteiger partial charge in [0.25, 0.3) is 0 Å². The first kappa shape index (κ1) is 18.7. The number of halogens is 5. The normalized spacial score (nSPS) is 11.7. The molecule has 0 atom stereocenters. The van der Waals surface area contributed by atoms with Crippen LogP contribution in [0.4, 0.5) is 22.0 Å². The lowest BCUT2D eigenvalue weighted by Gasteiger charge is -2.18. The summed E-state index contributed by atoms with van der Waals surface area (Å²) >= 11 is 0. The summed E-state index contributed by atoms with van der Waals surface area (Å²) in [6.45, 7) is 7.12. The van der Waals surface area contributed by atoms with Crippen LogP contribution in [-0.2, 0) is 0 Å². The first-order valence-electron chi connectivity index (χ1n) is 5.78. The van der Waals surface area contributed by atoms with E-state index in [2.05, 4.69) is 13.5 Å². The second-order valence-corrected chi connectivity index (χ2v) is 3.74. The standard InChI is InChI=1S/C7H14.C5H7F5/c1-3-5-7-6-4-2;1-2-3-4(6,7)5(8,9)10/h3H,1,4-7H2,2H3;2-3H2,1H3. The molecule has 0 unspecified atom stereocenters. The Kier molecular flexibility index (Phi) is 10.4. The molecule has 0 rings (SSSR count). The van der Waals surface area contributed by atoms with Gasteiger partial charge in [0.05, 0.1) is 0 Å². The molecule has 0 heterocycles. The Labute approximate surface area is 99.9 Å². The zero-order chi connectivity index (χ0) is 13.9. The highest BCUT2D eigenvalue weighted by Gasteiger charge is 2.56. The predicted molar refractivity (Wildman–Crippen MR) is 60.2 cm³/mol. The molecule has 0 saturated heterocycles. The molecule has 0 amide bonds. The smallest absolute Gasteiger partial charge is 0.196 e. The zero-order valence-corrected chi connectivity index (χ0v) is 10.4. The van der Waals surface area contributed by atoms with Crippen molar-refractivity contribution in [2.24, 2.45) is 0 Å². The van der Waals surface area contributed by atoms with Crippen LogP contribution in [0.25, 0.3) is 0 Å². The van der Waals surface area contributed by atoms with Crippen LogP contribution in [0.2, 0.25) is 0 Å². The van der Waals surface area contributed by atoms with Crippen LogP contribution in [0, 0.1) is 0 Å². The summed E-state index contributed by atoms with van der Waals surface area (Å²) in [5.74, 6) is -4.51. The summed E-state index contributed by atoms with van der Waals surface area (Å²) in [7, 11) is 0. The minimum Gasteiger partial charge on any atom is -0.196 e. The summed E-state index contributed by atoms with van der Waals surface area (Å²) in [5, 5.41) is 0. The second kappa shape index (κ2) is 9.42. The number of unbranched alkanes of at least 4 members (excludes halogenated alkanes) is 3. The van der Waals surface area contributed by atoms with Crippen molar-refractivity contribution in [1.82, 2.24) is 0 Å². The van der Waals surface area contributed by atoms with Crippen LogP contribution in [-0.4, -0.2) is 12.1 Å². The van der Waals surface area contributed by atoms with E-state index >= 15 is 0 Å². The molecule has 0 bridgehead atoms. The molecular formula is C12H21F5. The van der Waals surface area contributed by atoms with Gasteiger partial charge in [0.1, 0.15) is 0 Å². The molecule has 17 heavy (non-hydrogen) atoms. The highest BCUT2D eigenvalue weighted by molar-refractivity contribution is 4.74. The average molecular weight is 260 g/mol.